The summed E-state index contributed by atoms with van der Waals surface area (Å²) >= 11 is 0. The van der Waals surface area contributed by atoms with Crippen molar-refractivity contribution in [1.82, 2.24) is 0 Å². The predicted octanol–water partition coefficient (Wildman–Crippen LogP) is 1.57. The molecule has 0 bridgehead atoms. The van der Waals surface area contributed by atoms with Crippen LogP contribution in [0.1, 0.15) is 27.7 Å². The molecule has 1 atom stereocenters. The summed E-state index contributed by atoms with van der Waals surface area (Å²) in [5.41, 5.74) is -0.0993. The smallest absolute Gasteiger partial charge is 0.0598 e. The Morgan fingerprint density at radius 2 is 1.91 bits per heavy atom. The third-order valence-electron chi connectivity index (χ3n) is 1.17. The molecule has 0 aliphatic rings. The average molecular weight is 178 g/mol. The second kappa shape index (κ2) is 4.88. The van der Waals surface area contributed by atoms with Crippen LogP contribution in [0.15, 0.2) is 0 Å². The van der Waals surface area contributed by atoms with E-state index in [9.17, 15) is 4.21 Å². The van der Waals surface area contributed by atoms with Crippen LogP contribution in [0.5, 0.6) is 0 Å². The second-order valence-corrected chi connectivity index (χ2v) is 5.26. The van der Waals surface area contributed by atoms with E-state index in [1.54, 1.807) is 0 Å². The molecule has 0 aromatic heterocycles. The molecule has 0 aromatic carbocycles. The van der Waals surface area contributed by atoms with Gasteiger partial charge in [0.25, 0.3) is 0 Å². The van der Waals surface area contributed by atoms with Gasteiger partial charge in [-0.3, -0.25) is 4.21 Å². The highest BCUT2D eigenvalue weighted by molar-refractivity contribution is 7.84. The van der Waals surface area contributed by atoms with Crippen LogP contribution in [0.4, 0.5) is 0 Å². The van der Waals surface area contributed by atoms with Gasteiger partial charge in [0.15, 0.2) is 0 Å². The lowest BCUT2D eigenvalue weighted by Crippen LogP contribution is -2.22. The minimum atomic E-state index is -0.687. The van der Waals surface area contributed by atoms with Crippen LogP contribution in [0.3, 0.4) is 0 Å². The molecule has 0 heterocycles. The number of hydrogen-bond donors (Lipinski definition) is 0. The molecule has 0 aliphatic heterocycles. The summed E-state index contributed by atoms with van der Waals surface area (Å²) in [5, 5.41) is 0. The Hall–Kier alpha value is 0.110. The average Bonchev–Trinajstić information content (AvgIpc) is 1.85. The van der Waals surface area contributed by atoms with Crippen LogP contribution in [-0.4, -0.2) is 27.9 Å². The van der Waals surface area contributed by atoms with Crippen molar-refractivity contribution in [3.05, 3.63) is 0 Å². The minimum absolute atomic E-state index is 0.0993. The second-order valence-electron chi connectivity index (χ2n) is 3.39. The Kier molecular flexibility index (Phi) is 4.93. The van der Waals surface area contributed by atoms with Gasteiger partial charge in [-0.05, 0) is 20.8 Å². The molecule has 3 heteroatoms. The molecule has 0 spiro atoms. The highest BCUT2D eigenvalue weighted by Crippen LogP contribution is 2.05. The van der Waals surface area contributed by atoms with Crippen molar-refractivity contribution >= 4 is 10.8 Å². The Bertz CT molecular complexity index is 127. The van der Waals surface area contributed by atoms with Gasteiger partial charge in [-0.25, -0.2) is 0 Å². The van der Waals surface area contributed by atoms with Gasteiger partial charge < -0.3 is 4.74 Å². The maximum atomic E-state index is 10.9. The van der Waals surface area contributed by atoms with Gasteiger partial charge in [0.1, 0.15) is 0 Å². The predicted molar refractivity (Wildman–Crippen MR) is 49.3 cm³/mol. The summed E-state index contributed by atoms with van der Waals surface area (Å²) in [6, 6.07) is 0. The number of ether oxygens (including phenoxy) is 1. The molecule has 68 valence electrons. The molecule has 0 fully saturated rings. The SMILES string of the molecule is CCS(=O)CCOC(C)(C)C. The summed E-state index contributed by atoms with van der Waals surface area (Å²) in [6.07, 6.45) is 0. The summed E-state index contributed by atoms with van der Waals surface area (Å²) in [4.78, 5) is 0. The molecule has 11 heavy (non-hydrogen) atoms. The van der Waals surface area contributed by atoms with Crippen LogP contribution < -0.4 is 0 Å². The Balaban J connectivity index is 3.35. The first-order valence-electron chi connectivity index (χ1n) is 3.94. The van der Waals surface area contributed by atoms with E-state index in [1.165, 1.54) is 0 Å². The van der Waals surface area contributed by atoms with Crippen molar-refractivity contribution in [2.45, 2.75) is 33.3 Å². The highest BCUT2D eigenvalue weighted by Gasteiger charge is 2.09. The molecule has 2 nitrogen and oxygen atoms in total. The Morgan fingerprint density at radius 3 is 2.27 bits per heavy atom. The molecular formula is C8H18O2S. The van der Waals surface area contributed by atoms with E-state index in [0.717, 1.165) is 5.75 Å². The van der Waals surface area contributed by atoms with Crippen molar-refractivity contribution in [2.24, 2.45) is 0 Å². The fourth-order valence-corrected chi connectivity index (χ4v) is 1.14. The summed E-state index contributed by atoms with van der Waals surface area (Å²) < 4.78 is 16.3. The molecule has 0 saturated carbocycles. The van der Waals surface area contributed by atoms with Gasteiger partial charge in [0.2, 0.25) is 0 Å². The first kappa shape index (κ1) is 11.1. The lowest BCUT2D eigenvalue weighted by Gasteiger charge is -2.18. The molecule has 0 N–H and O–H groups in total. The molecular weight excluding hydrogens is 160 g/mol. The van der Waals surface area contributed by atoms with Crippen LogP contribution in [0, 0.1) is 0 Å². The molecule has 0 saturated heterocycles. The van der Waals surface area contributed by atoms with Crippen molar-refractivity contribution in [2.75, 3.05) is 18.1 Å². The summed E-state index contributed by atoms with van der Waals surface area (Å²) in [7, 11) is -0.687. The van der Waals surface area contributed by atoms with E-state index in [4.69, 9.17) is 4.74 Å². The Morgan fingerprint density at radius 1 is 1.36 bits per heavy atom. The van der Waals surface area contributed by atoms with Gasteiger partial charge in [-0.2, -0.15) is 0 Å². The number of hydrogen-bond acceptors (Lipinski definition) is 2. The van der Waals surface area contributed by atoms with Crippen molar-refractivity contribution < 1.29 is 8.95 Å². The van der Waals surface area contributed by atoms with Gasteiger partial charge >= 0.3 is 0 Å². The van der Waals surface area contributed by atoms with E-state index < -0.39 is 10.8 Å². The summed E-state index contributed by atoms with van der Waals surface area (Å²) in [6.45, 7) is 8.53. The molecule has 0 aromatic rings. The van der Waals surface area contributed by atoms with E-state index in [1.807, 2.05) is 27.7 Å². The summed E-state index contributed by atoms with van der Waals surface area (Å²) in [5.74, 6) is 1.39. The number of rotatable bonds is 4. The van der Waals surface area contributed by atoms with Gasteiger partial charge in [-0.15, -0.1) is 0 Å². The third-order valence-corrected chi connectivity index (χ3v) is 2.43. The van der Waals surface area contributed by atoms with Crippen LogP contribution in [0.25, 0.3) is 0 Å². The zero-order valence-electron chi connectivity index (χ0n) is 7.85. The van der Waals surface area contributed by atoms with Crippen LogP contribution in [-0.2, 0) is 15.5 Å². The fraction of sp³-hybridized carbons (Fsp3) is 1.00. The van der Waals surface area contributed by atoms with Gasteiger partial charge in [0.05, 0.1) is 12.2 Å². The molecule has 0 radical (unpaired) electrons. The highest BCUT2D eigenvalue weighted by atomic mass is 32.2. The zero-order valence-corrected chi connectivity index (χ0v) is 8.66. The van der Waals surface area contributed by atoms with E-state index in [2.05, 4.69) is 0 Å². The quantitative estimate of drug-likeness (QED) is 0.653. The van der Waals surface area contributed by atoms with Crippen LogP contribution >= 0.6 is 0 Å². The zero-order chi connectivity index (χ0) is 8.91. The molecule has 0 rings (SSSR count). The first-order valence-corrected chi connectivity index (χ1v) is 5.43. The minimum Gasteiger partial charge on any atom is -0.375 e. The molecule has 1 unspecified atom stereocenters. The Labute approximate surface area is 71.8 Å². The van der Waals surface area contributed by atoms with Gasteiger partial charge in [0, 0.05) is 22.3 Å². The van der Waals surface area contributed by atoms with E-state index in [0.29, 0.717) is 12.4 Å². The topological polar surface area (TPSA) is 26.3 Å². The largest absolute Gasteiger partial charge is 0.375 e. The van der Waals surface area contributed by atoms with Gasteiger partial charge in [-0.1, -0.05) is 6.92 Å². The van der Waals surface area contributed by atoms with Crippen molar-refractivity contribution in [3.63, 3.8) is 0 Å². The normalized spacial score (nSPS) is 14.9. The van der Waals surface area contributed by atoms with Crippen molar-refractivity contribution in [1.29, 1.82) is 0 Å². The monoisotopic (exact) mass is 178 g/mol. The van der Waals surface area contributed by atoms with Crippen LogP contribution in [0.2, 0.25) is 0 Å². The lowest BCUT2D eigenvalue weighted by molar-refractivity contribution is 0.00669. The van der Waals surface area contributed by atoms with E-state index >= 15 is 0 Å². The maximum Gasteiger partial charge on any atom is 0.0598 e. The third kappa shape index (κ3) is 8.01. The van der Waals surface area contributed by atoms with Crippen molar-refractivity contribution in [3.8, 4) is 0 Å². The molecule has 0 aliphatic carbocycles. The fourth-order valence-electron chi connectivity index (χ4n) is 0.585. The standard InChI is InChI=1S/C8H18O2S/c1-5-11(9)7-6-10-8(2,3)4/h5-7H2,1-4H3. The maximum absolute atomic E-state index is 10.9. The lowest BCUT2D eigenvalue weighted by atomic mass is 10.2. The molecule has 0 amide bonds. The first-order chi connectivity index (χ1) is 4.95. The van der Waals surface area contributed by atoms with E-state index in [-0.39, 0.29) is 5.60 Å².